The average Bonchev–Trinajstić information content (AvgIpc) is 1.88. The maximum Gasteiger partial charge on any atom is 0.00509 e. The second-order valence-electron chi connectivity index (χ2n) is 2.67. The maximum absolute atomic E-state index is 5.62. The predicted octanol–water partition coefficient (Wildman–Crippen LogP) is 2.42. The van der Waals surface area contributed by atoms with Crippen molar-refractivity contribution in [3.05, 3.63) is 35.9 Å². The van der Waals surface area contributed by atoms with E-state index >= 15 is 0 Å². The van der Waals surface area contributed by atoms with E-state index in [9.17, 15) is 0 Å². The van der Waals surface area contributed by atoms with E-state index in [1.54, 1.807) is 0 Å². The Morgan fingerprint density at radius 3 is 2.08 bits per heavy atom. The van der Waals surface area contributed by atoms with Gasteiger partial charge in [-0.3, -0.25) is 0 Å². The molecule has 0 heterocycles. The van der Waals surface area contributed by atoms with Gasteiger partial charge in [0.1, 0.15) is 0 Å². The summed E-state index contributed by atoms with van der Waals surface area (Å²) in [4.78, 5) is 0. The summed E-state index contributed by atoms with van der Waals surface area (Å²) in [5.74, 6) is 0. The first-order valence-electron chi connectivity index (χ1n) is 3.58. The molecule has 0 fully saturated rings. The molecule has 0 aliphatic heterocycles. The first kappa shape index (κ1) is 14.3. The number of halogens is 2. The summed E-state index contributed by atoms with van der Waals surface area (Å²) in [5.41, 5.74) is 6.94. The molecule has 1 aromatic rings. The molecule has 0 amide bonds. The Balaban J connectivity index is 0. The Morgan fingerprint density at radius 2 is 1.67 bits per heavy atom. The molecule has 0 saturated carbocycles. The summed E-state index contributed by atoms with van der Waals surface area (Å²) in [6.07, 6.45) is 0.973. The van der Waals surface area contributed by atoms with Gasteiger partial charge in [0.05, 0.1) is 0 Å². The van der Waals surface area contributed by atoms with Crippen LogP contribution in [0.1, 0.15) is 12.5 Å². The predicted molar refractivity (Wildman–Crippen MR) is 58.3 cm³/mol. The van der Waals surface area contributed by atoms with Gasteiger partial charge < -0.3 is 5.73 Å². The average molecular weight is 208 g/mol. The van der Waals surface area contributed by atoms with Crippen LogP contribution in [0.3, 0.4) is 0 Å². The minimum Gasteiger partial charge on any atom is -0.328 e. The molecule has 0 saturated heterocycles. The van der Waals surface area contributed by atoms with Gasteiger partial charge in [0.25, 0.3) is 0 Å². The van der Waals surface area contributed by atoms with E-state index in [0.29, 0.717) is 0 Å². The van der Waals surface area contributed by atoms with E-state index in [4.69, 9.17) is 5.73 Å². The fourth-order valence-electron chi connectivity index (χ4n) is 0.986. The van der Waals surface area contributed by atoms with E-state index in [-0.39, 0.29) is 30.9 Å². The summed E-state index contributed by atoms with van der Waals surface area (Å²) in [6.45, 7) is 2.02. The summed E-state index contributed by atoms with van der Waals surface area (Å²) >= 11 is 0. The summed E-state index contributed by atoms with van der Waals surface area (Å²) in [5, 5.41) is 0. The Bertz CT molecular complexity index is 187. The van der Waals surface area contributed by atoms with Gasteiger partial charge in [-0.25, -0.2) is 0 Å². The molecule has 1 atom stereocenters. The fourth-order valence-corrected chi connectivity index (χ4v) is 0.986. The molecule has 0 bridgehead atoms. The lowest BCUT2D eigenvalue weighted by Gasteiger charge is -2.02. The van der Waals surface area contributed by atoms with Crippen LogP contribution in [-0.2, 0) is 6.42 Å². The van der Waals surface area contributed by atoms with Crippen molar-refractivity contribution in [1.82, 2.24) is 0 Å². The molecule has 2 N–H and O–H groups in total. The zero-order chi connectivity index (χ0) is 7.40. The van der Waals surface area contributed by atoms with Crippen LogP contribution >= 0.6 is 24.8 Å². The third-order valence-corrected chi connectivity index (χ3v) is 1.40. The largest absolute Gasteiger partial charge is 0.328 e. The number of benzene rings is 1. The SMILES string of the molecule is C[C@H](N)Cc1ccccc1.Cl.Cl. The van der Waals surface area contributed by atoms with Crippen molar-refractivity contribution in [3.8, 4) is 0 Å². The van der Waals surface area contributed by atoms with Crippen LogP contribution < -0.4 is 5.73 Å². The molecule has 1 nitrogen and oxygen atoms in total. The van der Waals surface area contributed by atoms with Crippen molar-refractivity contribution < 1.29 is 0 Å². The highest BCUT2D eigenvalue weighted by Gasteiger charge is 1.94. The van der Waals surface area contributed by atoms with Crippen LogP contribution in [-0.4, -0.2) is 6.04 Å². The van der Waals surface area contributed by atoms with E-state index in [1.807, 2.05) is 25.1 Å². The van der Waals surface area contributed by atoms with Crippen molar-refractivity contribution >= 4 is 24.8 Å². The van der Waals surface area contributed by atoms with Crippen molar-refractivity contribution in [1.29, 1.82) is 0 Å². The Hall–Kier alpha value is -0.240. The molecule has 1 aromatic carbocycles. The highest BCUT2D eigenvalue weighted by Crippen LogP contribution is 2.00. The third kappa shape index (κ3) is 5.42. The summed E-state index contributed by atoms with van der Waals surface area (Å²) in [7, 11) is 0. The number of rotatable bonds is 2. The quantitative estimate of drug-likeness (QED) is 0.793. The van der Waals surface area contributed by atoms with Gasteiger partial charge in [0, 0.05) is 6.04 Å². The molecule has 70 valence electrons. The summed E-state index contributed by atoms with van der Waals surface area (Å²) < 4.78 is 0. The van der Waals surface area contributed by atoms with Gasteiger partial charge in [-0.1, -0.05) is 30.3 Å². The first-order chi connectivity index (χ1) is 4.79. The molecule has 1 rings (SSSR count). The van der Waals surface area contributed by atoms with Crippen LogP contribution in [0.25, 0.3) is 0 Å². The monoisotopic (exact) mass is 207 g/mol. The second kappa shape index (κ2) is 7.41. The van der Waals surface area contributed by atoms with Gasteiger partial charge in [-0.15, -0.1) is 24.8 Å². The molecule has 0 unspecified atom stereocenters. The zero-order valence-electron chi connectivity index (χ0n) is 7.07. The lowest BCUT2D eigenvalue weighted by atomic mass is 10.1. The maximum atomic E-state index is 5.62. The van der Waals surface area contributed by atoms with Gasteiger partial charge in [0.15, 0.2) is 0 Å². The lowest BCUT2D eigenvalue weighted by Crippen LogP contribution is -2.17. The summed E-state index contributed by atoms with van der Waals surface area (Å²) in [6, 6.07) is 10.6. The van der Waals surface area contributed by atoms with Crippen molar-refractivity contribution in [2.24, 2.45) is 5.73 Å². The molecular formula is C9H15Cl2N. The standard InChI is InChI=1S/C9H13N.2ClH/c1-8(10)7-9-5-3-2-4-6-9;;/h2-6,8H,7,10H2,1H3;2*1H/t8-;;/m0../s1. The van der Waals surface area contributed by atoms with E-state index in [2.05, 4.69) is 12.1 Å². The van der Waals surface area contributed by atoms with Crippen LogP contribution in [0.5, 0.6) is 0 Å². The number of hydrogen-bond acceptors (Lipinski definition) is 1. The highest BCUT2D eigenvalue weighted by atomic mass is 35.5. The molecule has 0 aliphatic rings. The van der Waals surface area contributed by atoms with Crippen LogP contribution in [0, 0.1) is 0 Å². The van der Waals surface area contributed by atoms with Gasteiger partial charge >= 0.3 is 0 Å². The van der Waals surface area contributed by atoms with Crippen molar-refractivity contribution in [2.45, 2.75) is 19.4 Å². The smallest absolute Gasteiger partial charge is 0.00509 e. The van der Waals surface area contributed by atoms with Gasteiger partial charge in [0.2, 0.25) is 0 Å². The minimum absolute atomic E-state index is 0. The van der Waals surface area contributed by atoms with Crippen molar-refractivity contribution in [2.75, 3.05) is 0 Å². The highest BCUT2D eigenvalue weighted by molar-refractivity contribution is 5.85. The third-order valence-electron chi connectivity index (χ3n) is 1.40. The Labute approximate surface area is 86.2 Å². The van der Waals surface area contributed by atoms with Gasteiger partial charge in [-0.05, 0) is 18.9 Å². The number of nitrogens with two attached hydrogens (primary N) is 1. The number of hydrogen-bond donors (Lipinski definition) is 1. The van der Waals surface area contributed by atoms with Gasteiger partial charge in [-0.2, -0.15) is 0 Å². The Morgan fingerprint density at radius 1 is 1.17 bits per heavy atom. The van der Waals surface area contributed by atoms with E-state index < -0.39 is 0 Å². The second-order valence-corrected chi connectivity index (χ2v) is 2.67. The van der Waals surface area contributed by atoms with E-state index in [1.165, 1.54) is 5.56 Å². The minimum atomic E-state index is 0. The molecule has 12 heavy (non-hydrogen) atoms. The molecule has 0 spiro atoms. The lowest BCUT2D eigenvalue weighted by molar-refractivity contribution is 0.738. The van der Waals surface area contributed by atoms with E-state index in [0.717, 1.165) is 6.42 Å². The Kier molecular flexibility index (Phi) is 8.83. The normalized spacial score (nSPS) is 10.8. The van der Waals surface area contributed by atoms with Crippen LogP contribution in [0.4, 0.5) is 0 Å². The first-order valence-corrected chi connectivity index (χ1v) is 3.58. The van der Waals surface area contributed by atoms with Crippen molar-refractivity contribution in [3.63, 3.8) is 0 Å². The molecule has 0 aliphatic carbocycles. The molecule has 3 heteroatoms. The molecule has 0 radical (unpaired) electrons. The zero-order valence-corrected chi connectivity index (χ0v) is 8.70. The molecule has 0 aromatic heterocycles. The van der Waals surface area contributed by atoms with Crippen LogP contribution in [0.15, 0.2) is 30.3 Å². The fraction of sp³-hybridized carbons (Fsp3) is 0.333. The van der Waals surface area contributed by atoms with Crippen LogP contribution in [0.2, 0.25) is 0 Å². The molecular weight excluding hydrogens is 193 g/mol. The topological polar surface area (TPSA) is 26.0 Å².